The third kappa shape index (κ3) is 4.30. The lowest BCUT2D eigenvalue weighted by Gasteiger charge is -2.16. The van der Waals surface area contributed by atoms with E-state index in [1.54, 1.807) is 24.7 Å². The second-order valence-corrected chi connectivity index (χ2v) is 5.34. The fourth-order valence-corrected chi connectivity index (χ4v) is 1.84. The van der Waals surface area contributed by atoms with Crippen molar-refractivity contribution >= 4 is 11.4 Å². The number of nitrogens with zero attached hydrogens (tertiary/aromatic N) is 2. The van der Waals surface area contributed by atoms with Crippen molar-refractivity contribution in [2.24, 2.45) is 0 Å². The van der Waals surface area contributed by atoms with Crippen molar-refractivity contribution in [3.05, 3.63) is 42.2 Å². The number of benzene rings is 1. The molecule has 102 valence electrons. The molecule has 0 fully saturated rings. The Kier molecular flexibility index (Phi) is 3.76. The van der Waals surface area contributed by atoms with E-state index in [9.17, 15) is 5.11 Å². The highest BCUT2D eigenvalue weighted by Gasteiger charge is 2.13. The summed E-state index contributed by atoms with van der Waals surface area (Å²) in [4.78, 5) is 0. The number of nitrogens with two attached hydrogens (primary N) is 1. The molecular formula is C14H20N4O. The zero-order valence-corrected chi connectivity index (χ0v) is 11.3. The lowest BCUT2D eigenvalue weighted by molar-refractivity contribution is 0.0578. The molecule has 0 spiro atoms. The molecular weight excluding hydrogens is 240 g/mol. The molecule has 0 aliphatic rings. The van der Waals surface area contributed by atoms with Crippen molar-refractivity contribution in [2.45, 2.75) is 32.5 Å². The first kappa shape index (κ1) is 13.4. The Labute approximate surface area is 113 Å². The van der Waals surface area contributed by atoms with Gasteiger partial charge in [-0.25, -0.2) is 0 Å². The van der Waals surface area contributed by atoms with Gasteiger partial charge in [-0.2, -0.15) is 5.10 Å². The maximum atomic E-state index is 9.72. The molecule has 5 nitrogen and oxygen atoms in total. The SMILES string of the molecule is CC(C)(O)Cn1cc(NCc2cccc(N)c2)cn1. The molecule has 0 radical (unpaired) electrons. The van der Waals surface area contributed by atoms with Crippen molar-refractivity contribution in [1.29, 1.82) is 0 Å². The van der Waals surface area contributed by atoms with Gasteiger partial charge in [0.15, 0.2) is 0 Å². The van der Waals surface area contributed by atoms with E-state index >= 15 is 0 Å². The van der Waals surface area contributed by atoms with Crippen LogP contribution in [0.4, 0.5) is 11.4 Å². The van der Waals surface area contributed by atoms with Crippen LogP contribution >= 0.6 is 0 Å². The van der Waals surface area contributed by atoms with Crippen molar-refractivity contribution in [3.8, 4) is 0 Å². The van der Waals surface area contributed by atoms with Crippen molar-refractivity contribution < 1.29 is 5.11 Å². The lowest BCUT2D eigenvalue weighted by atomic mass is 10.1. The summed E-state index contributed by atoms with van der Waals surface area (Å²) in [6.07, 6.45) is 3.63. The first-order valence-corrected chi connectivity index (χ1v) is 6.25. The Hall–Kier alpha value is -2.01. The van der Waals surface area contributed by atoms with E-state index in [0.717, 1.165) is 16.9 Å². The molecule has 0 amide bonds. The molecule has 0 unspecified atom stereocenters. The number of hydrogen-bond donors (Lipinski definition) is 3. The number of nitrogens with one attached hydrogen (secondary N) is 1. The number of nitrogen functional groups attached to an aromatic ring is 1. The van der Waals surface area contributed by atoms with Crippen molar-refractivity contribution in [2.75, 3.05) is 11.1 Å². The van der Waals surface area contributed by atoms with Crippen LogP contribution in [0.15, 0.2) is 36.7 Å². The summed E-state index contributed by atoms with van der Waals surface area (Å²) < 4.78 is 1.72. The van der Waals surface area contributed by atoms with Crippen LogP contribution in [0, 0.1) is 0 Å². The van der Waals surface area contributed by atoms with Crippen LogP contribution < -0.4 is 11.1 Å². The van der Waals surface area contributed by atoms with E-state index in [2.05, 4.69) is 10.4 Å². The average Bonchev–Trinajstić information content (AvgIpc) is 2.72. The van der Waals surface area contributed by atoms with Gasteiger partial charge in [0.05, 0.1) is 24.0 Å². The molecule has 2 rings (SSSR count). The molecule has 19 heavy (non-hydrogen) atoms. The standard InChI is InChI=1S/C14H20N4O/c1-14(2,19)10-18-9-13(8-17-18)16-7-11-4-3-5-12(15)6-11/h3-6,8-9,16,19H,7,10,15H2,1-2H3. The van der Waals surface area contributed by atoms with Crippen molar-refractivity contribution in [3.63, 3.8) is 0 Å². The van der Waals surface area contributed by atoms with E-state index < -0.39 is 5.60 Å². The zero-order chi connectivity index (χ0) is 13.9. The second kappa shape index (κ2) is 5.32. The van der Waals surface area contributed by atoms with Gasteiger partial charge < -0.3 is 16.2 Å². The van der Waals surface area contributed by atoms with Gasteiger partial charge in [-0.15, -0.1) is 0 Å². The summed E-state index contributed by atoms with van der Waals surface area (Å²) in [5, 5.41) is 17.2. The Morgan fingerprint density at radius 1 is 1.42 bits per heavy atom. The third-order valence-electron chi connectivity index (χ3n) is 2.63. The van der Waals surface area contributed by atoms with Gasteiger partial charge in [0.25, 0.3) is 0 Å². The van der Waals surface area contributed by atoms with Crippen LogP contribution in [-0.4, -0.2) is 20.5 Å². The minimum absolute atomic E-state index is 0.465. The van der Waals surface area contributed by atoms with Crippen LogP contribution in [0.25, 0.3) is 0 Å². The topological polar surface area (TPSA) is 76.1 Å². The molecule has 5 heteroatoms. The minimum Gasteiger partial charge on any atom is -0.399 e. The molecule has 2 aromatic rings. The number of anilines is 2. The van der Waals surface area contributed by atoms with Gasteiger partial charge in [0.1, 0.15) is 0 Å². The van der Waals surface area contributed by atoms with Gasteiger partial charge in [-0.3, -0.25) is 4.68 Å². The fourth-order valence-electron chi connectivity index (χ4n) is 1.84. The first-order chi connectivity index (χ1) is 8.92. The third-order valence-corrected chi connectivity index (χ3v) is 2.63. The fraction of sp³-hybridized carbons (Fsp3) is 0.357. The van der Waals surface area contributed by atoms with Gasteiger partial charge in [-0.05, 0) is 31.5 Å². The Bertz CT molecular complexity index is 542. The number of rotatable bonds is 5. The highest BCUT2D eigenvalue weighted by Crippen LogP contribution is 2.12. The number of aliphatic hydroxyl groups is 1. The maximum absolute atomic E-state index is 9.72. The summed E-state index contributed by atoms with van der Waals surface area (Å²) in [6.45, 7) is 4.68. The van der Waals surface area contributed by atoms with E-state index in [4.69, 9.17) is 5.73 Å². The predicted octanol–water partition coefficient (Wildman–Crippen LogP) is 1.85. The maximum Gasteiger partial charge on any atom is 0.0786 e. The quantitative estimate of drug-likeness (QED) is 0.717. The Balaban J connectivity index is 1.93. The van der Waals surface area contributed by atoms with Crippen LogP contribution in [0.3, 0.4) is 0 Å². The Morgan fingerprint density at radius 2 is 2.21 bits per heavy atom. The molecule has 0 bridgehead atoms. The highest BCUT2D eigenvalue weighted by molar-refractivity contribution is 5.43. The molecule has 4 N–H and O–H groups in total. The number of aromatic nitrogens is 2. The summed E-state index contributed by atoms with van der Waals surface area (Å²) in [7, 11) is 0. The van der Waals surface area contributed by atoms with E-state index in [1.165, 1.54) is 0 Å². The summed E-state index contributed by atoms with van der Waals surface area (Å²) in [5.41, 5.74) is 7.77. The van der Waals surface area contributed by atoms with Crippen LogP contribution in [0.1, 0.15) is 19.4 Å². The smallest absolute Gasteiger partial charge is 0.0786 e. The predicted molar refractivity (Wildman–Crippen MR) is 76.7 cm³/mol. The summed E-state index contributed by atoms with van der Waals surface area (Å²) >= 11 is 0. The molecule has 0 aliphatic carbocycles. The molecule has 0 saturated heterocycles. The molecule has 0 atom stereocenters. The van der Waals surface area contributed by atoms with Gasteiger partial charge in [-0.1, -0.05) is 12.1 Å². The Morgan fingerprint density at radius 3 is 2.89 bits per heavy atom. The first-order valence-electron chi connectivity index (χ1n) is 6.25. The van der Waals surface area contributed by atoms with Gasteiger partial charge in [0.2, 0.25) is 0 Å². The van der Waals surface area contributed by atoms with Crippen LogP contribution in [-0.2, 0) is 13.1 Å². The van der Waals surface area contributed by atoms with Crippen LogP contribution in [0.5, 0.6) is 0 Å². The highest BCUT2D eigenvalue weighted by atomic mass is 16.3. The lowest BCUT2D eigenvalue weighted by Crippen LogP contribution is -2.26. The molecule has 1 aromatic carbocycles. The molecule has 1 heterocycles. The largest absolute Gasteiger partial charge is 0.399 e. The summed E-state index contributed by atoms with van der Waals surface area (Å²) in [5.74, 6) is 0. The molecule has 0 saturated carbocycles. The normalized spacial score (nSPS) is 11.5. The van der Waals surface area contributed by atoms with E-state index in [0.29, 0.717) is 13.1 Å². The van der Waals surface area contributed by atoms with E-state index in [-0.39, 0.29) is 0 Å². The number of hydrogen-bond acceptors (Lipinski definition) is 4. The minimum atomic E-state index is -0.767. The molecule has 0 aliphatic heterocycles. The monoisotopic (exact) mass is 260 g/mol. The van der Waals surface area contributed by atoms with Gasteiger partial charge >= 0.3 is 0 Å². The zero-order valence-electron chi connectivity index (χ0n) is 11.3. The van der Waals surface area contributed by atoms with E-state index in [1.807, 2.05) is 30.5 Å². The van der Waals surface area contributed by atoms with Crippen molar-refractivity contribution in [1.82, 2.24) is 9.78 Å². The molecule has 1 aromatic heterocycles. The average molecular weight is 260 g/mol. The second-order valence-electron chi connectivity index (χ2n) is 5.34. The summed E-state index contributed by atoms with van der Waals surface area (Å²) in [6, 6.07) is 7.76. The van der Waals surface area contributed by atoms with Crippen LogP contribution in [0.2, 0.25) is 0 Å². The van der Waals surface area contributed by atoms with Gasteiger partial charge in [0, 0.05) is 18.4 Å².